The van der Waals surface area contributed by atoms with Gasteiger partial charge >= 0.3 is 0 Å². The zero-order valence-corrected chi connectivity index (χ0v) is 19.1. The Hall–Kier alpha value is -4.98. The zero-order valence-electron chi connectivity index (χ0n) is 19.1. The zero-order chi connectivity index (χ0) is 24.1. The normalized spacial score (nSPS) is 11.9. The molecule has 36 heavy (non-hydrogen) atoms. The first kappa shape index (κ1) is 20.4. The van der Waals surface area contributed by atoms with Gasteiger partial charge < -0.3 is 10.1 Å². The van der Waals surface area contributed by atoms with Gasteiger partial charge in [-0.1, -0.05) is 36.4 Å². The monoisotopic (exact) mass is 472 g/mol. The molecule has 6 aromatic rings. The van der Waals surface area contributed by atoms with E-state index in [1.54, 1.807) is 12.4 Å². The lowest BCUT2D eigenvalue weighted by Crippen LogP contribution is -2.22. The van der Waals surface area contributed by atoms with Crippen molar-refractivity contribution in [1.29, 1.82) is 0 Å². The van der Waals surface area contributed by atoms with Gasteiger partial charge in [0, 0.05) is 29.8 Å². The number of para-hydroxylation sites is 4. The van der Waals surface area contributed by atoms with E-state index in [4.69, 9.17) is 4.74 Å². The van der Waals surface area contributed by atoms with Gasteiger partial charge in [-0.25, -0.2) is 0 Å². The average molecular weight is 473 g/mol. The average Bonchev–Trinajstić information content (AvgIpc) is 3.41. The molecule has 4 heterocycles. The molecule has 0 saturated heterocycles. The predicted octanol–water partition coefficient (Wildman–Crippen LogP) is 4.88. The van der Waals surface area contributed by atoms with Crippen molar-refractivity contribution in [3.63, 3.8) is 0 Å². The van der Waals surface area contributed by atoms with E-state index in [-0.39, 0.29) is 12.0 Å². The first-order valence-electron chi connectivity index (χ1n) is 11.6. The van der Waals surface area contributed by atoms with E-state index in [1.807, 2.05) is 72.8 Å². The van der Waals surface area contributed by atoms with Crippen molar-refractivity contribution in [3.05, 3.63) is 112 Å². The summed E-state index contributed by atoms with van der Waals surface area (Å²) in [5.74, 6) is 0.512. The van der Waals surface area contributed by atoms with Gasteiger partial charge in [0.15, 0.2) is 5.43 Å². The molecule has 8 nitrogen and oxygen atoms in total. The number of fused-ring (bicyclic) bond motifs is 3. The van der Waals surface area contributed by atoms with E-state index in [0.29, 0.717) is 23.3 Å². The number of hydrogen-bond acceptors (Lipinski definition) is 6. The van der Waals surface area contributed by atoms with E-state index in [9.17, 15) is 4.79 Å². The maximum Gasteiger partial charge on any atom is 0.206 e. The summed E-state index contributed by atoms with van der Waals surface area (Å²) in [6.07, 6.45) is 3.91. The molecule has 8 heteroatoms. The molecule has 0 saturated carbocycles. The SMILES string of the molecule is O=c1c(Cc2cccnc2)c(OCc2cccc3n[nH]nc23)n2c3c(cccc13)Nc1ccccc1-2. The molecule has 3 aromatic carbocycles. The van der Waals surface area contributed by atoms with Crippen molar-refractivity contribution in [2.45, 2.75) is 13.0 Å². The maximum absolute atomic E-state index is 13.9. The Morgan fingerprint density at radius 3 is 2.69 bits per heavy atom. The number of hydrogen-bond donors (Lipinski definition) is 2. The van der Waals surface area contributed by atoms with Gasteiger partial charge in [0.25, 0.3) is 0 Å². The minimum Gasteiger partial charge on any atom is -0.473 e. The van der Waals surface area contributed by atoms with E-state index < -0.39 is 0 Å². The number of aromatic amines is 1. The van der Waals surface area contributed by atoms with E-state index in [0.717, 1.165) is 44.7 Å². The molecule has 0 atom stereocenters. The number of benzene rings is 3. The number of ether oxygens (including phenoxy) is 1. The van der Waals surface area contributed by atoms with Crippen molar-refractivity contribution in [1.82, 2.24) is 25.0 Å². The van der Waals surface area contributed by atoms with Crippen LogP contribution in [0.15, 0.2) is 90.0 Å². The summed E-state index contributed by atoms with van der Waals surface area (Å²) >= 11 is 0. The van der Waals surface area contributed by atoms with Gasteiger partial charge in [0.05, 0.1) is 28.1 Å². The topological polar surface area (TPSA) is 97.7 Å². The van der Waals surface area contributed by atoms with Crippen LogP contribution in [0.5, 0.6) is 5.88 Å². The maximum atomic E-state index is 13.9. The molecule has 0 fully saturated rings. The molecule has 0 spiro atoms. The molecule has 0 radical (unpaired) electrons. The third-order valence-corrected chi connectivity index (χ3v) is 6.55. The van der Waals surface area contributed by atoms with Gasteiger partial charge in [0.1, 0.15) is 17.6 Å². The standard InChI is InChI=1S/C28H20N6O2/c35-27-19-8-4-11-23-26(19)34(24-12-2-1-9-21(24)30-23)28(20(27)14-17-6-5-13-29-15-17)36-16-18-7-3-10-22-25(18)32-33-31-22/h1-13,15,30H,14,16H2,(H,31,32,33). The lowest BCUT2D eigenvalue weighted by Gasteiger charge is -2.28. The lowest BCUT2D eigenvalue weighted by molar-refractivity contribution is 0.286. The second-order valence-electron chi connectivity index (χ2n) is 8.73. The highest BCUT2D eigenvalue weighted by molar-refractivity contribution is 5.98. The van der Waals surface area contributed by atoms with Crippen molar-refractivity contribution in [2.24, 2.45) is 0 Å². The predicted molar refractivity (Wildman–Crippen MR) is 138 cm³/mol. The lowest BCUT2D eigenvalue weighted by atomic mass is 10.0. The van der Waals surface area contributed by atoms with E-state index in [2.05, 4.69) is 30.3 Å². The Bertz CT molecular complexity index is 1820. The number of pyridine rings is 2. The van der Waals surface area contributed by atoms with E-state index in [1.165, 1.54) is 0 Å². The van der Waals surface area contributed by atoms with Gasteiger partial charge in [-0.2, -0.15) is 15.4 Å². The fourth-order valence-electron chi connectivity index (χ4n) is 4.92. The van der Waals surface area contributed by atoms with Crippen LogP contribution in [0.3, 0.4) is 0 Å². The minimum atomic E-state index is -0.0530. The molecule has 0 unspecified atom stereocenters. The van der Waals surface area contributed by atoms with Crippen molar-refractivity contribution < 1.29 is 4.74 Å². The van der Waals surface area contributed by atoms with Crippen LogP contribution in [0.2, 0.25) is 0 Å². The van der Waals surface area contributed by atoms with Gasteiger partial charge in [0.2, 0.25) is 5.88 Å². The van der Waals surface area contributed by atoms with Crippen LogP contribution in [-0.2, 0) is 13.0 Å². The molecule has 7 rings (SSSR count). The molecule has 0 aliphatic carbocycles. The highest BCUT2D eigenvalue weighted by atomic mass is 16.5. The van der Waals surface area contributed by atoms with Crippen LogP contribution in [0, 0.1) is 0 Å². The summed E-state index contributed by atoms with van der Waals surface area (Å²) < 4.78 is 8.62. The molecule has 174 valence electrons. The quantitative estimate of drug-likeness (QED) is 0.370. The molecule has 0 bridgehead atoms. The first-order valence-corrected chi connectivity index (χ1v) is 11.6. The summed E-state index contributed by atoms with van der Waals surface area (Å²) in [6.45, 7) is 0.229. The molecule has 1 aliphatic rings. The van der Waals surface area contributed by atoms with Crippen LogP contribution in [0.4, 0.5) is 11.4 Å². The Balaban J connectivity index is 1.48. The third kappa shape index (κ3) is 3.15. The van der Waals surface area contributed by atoms with Crippen LogP contribution >= 0.6 is 0 Å². The minimum absolute atomic E-state index is 0.0530. The van der Waals surface area contributed by atoms with Crippen molar-refractivity contribution >= 4 is 33.3 Å². The summed E-state index contributed by atoms with van der Waals surface area (Å²) in [5, 5.41) is 15.3. The summed E-state index contributed by atoms with van der Waals surface area (Å²) in [7, 11) is 0. The highest BCUT2D eigenvalue weighted by Crippen LogP contribution is 2.40. The van der Waals surface area contributed by atoms with Gasteiger partial charge in [-0.3, -0.25) is 14.3 Å². The number of nitrogens with zero attached hydrogens (tertiary/aromatic N) is 4. The Kier molecular flexibility index (Phi) is 4.56. The van der Waals surface area contributed by atoms with Crippen molar-refractivity contribution in [2.75, 3.05) is 5.32 Å². The van der Waals surface area contributed by atoms with Crippen molar-refractivity contribution in [3.8, 4) is 11.6 Å². The Labute approximate surface area is 205 Å². The molecule has 0 amide bonds. The highest BCUT2D eigenvalue weighted by Gasteiger charge is 2.26. The molecular weight excluding hydrogens is 452 g/mol. The smallest absolute Gasteiger partial charge is 0.206 e. The van der Waals surface area contributed by atoms with Crippen LogP contribution in [-0.4, -0.2) is 25.0 Å². The van der Waals surface area contributed by atoms with E-state index >= 15 is 0 Å². The summed E-state index contributed by atoms with van der Waals surface area (Å²) in [4.78, 5) is 18.2. The van der Waals surface area contributed by atoms with Crippen LogP contribution in [0.25, 0.3) is 27.6 Å². The molecule has 3 aromatic heterocycles. The number of aromatic nitrogens is 5. The van der Waals surface area contributed by atoms with Gasteiger partial charge in [-0.05, 0) is 42.0 Å². The van der Waals surface area contributed by atoms with Gasteiger partial charge in [-0.15, -0.1) is 0 Å². The number of nitrogens with one attached hydrogen (secondary N) is 2. The second kappa shape index (κ2) is 8.06. The summed E-state index contributed by atoms with van der Waals surface area (Å²) in [6, 6.07) is 23.4. The fourth-order valence-corrected chi connectivity index (χ4v) is 4.92. The second-order valence-corrected chi connectivity index (χ2v) is 8.73. The number of anilines is 2. The summed E-state index contributed by atoms with van der Waals surface area (Å²) in [5.41, 5.74) is 7.37. The Morgan fingerprint density at radius 1 is 0.889 bits per heavy atom. The van der Waals surface area contributed by atoms with Crippen LogP contribution < -0.4 is 15.5 Å². The fraction of sp³-hybridized carbons (Fsp3) is 0.0714. The first-order chi connectivity index (χ1) is 17.8. The molecular formula is C28H20N6O2. The Morgan fingerprint density at radius 2 is 1.78 bits per heavy atom. The number of rotatable bonds is 5. The molecule has 1 aliphatic heterocycles. The molecule has 2 N–H and O–H groups in total. The van der Waals surface area contributed by atoms with Crippen LogP contribution in [0.1, 0.15) is 16.7 Å². The largest absolute Gasteiger partial charge is 0.473 e. The number of H-pyrrole nitrogens is 1. The third-order valence-electron chi connectivity index (χ3n) is 6.55.